The molecule has 0 saturated carbocycles. The molecule has 0 atom stereocenters. The first-order valence-electron chi connectivity index (χ1n) is 10.8. The minimum absolute atomic E-state index is 0.202. The summed E-state index contributed by atoms with van der Waals surface area (Å²) in [6.45, 7) is 2.26. The van der Waals surface area contributed by atoms with E-state index < -0.39 is 9.05 Å². The summed E-state index contributed by atoms with van der Waals surface area (Å²) in [6.07, 6.45) is 19.0. The van der Waals surface area contributed by atoms with Gasteiger partial charge in [0.2, 0.25) is 0 Å². The number of benzene rings is 1. The van der Waals surface area contributed by atoms with Crippen molar-refractivity contribution in [2.45, 2.75) is 108 Å². The van der Waals surface area contributed by atoms with E-state index in [2.05, 4.69) is 6.92 Å². The first-order chi connectivity index (χ1) is 12.9. The van der Waals surface area contributed by atoms with E-state index >= 15 is 0 Å². The second kappa shape index (κ2) is 14.3. The number of unbranched alkanes of at least 4 members (excludes halogenated alkanes) is 13. The zero-order valence-electron chi connectivity index (χ0n) is 17.0. The molecule has 0 radical (unpaired) electrons. The summed E-state index contributed by atoms with van der Waals surface area (Å²) in [5, 5.41) is 0. The Morgan fingerprint density at radius 3 is 1.67 bits per heavy atom. The van der Waals surface area contributed by atoms with Crippen LogP contribution in [0.25, 0.3) is 0 Å². The molecule has 1 aromatic rings. The summed E-state index contributed by atoms with van der Waals surface area (Å²) in [6, 6.07) is 4.83. The predicted octanol–water partition coefficient (Wildman–Crippen LogP) is 7.22. The molecule has 0 fully saturated rings. The van der Waals surface area contributed by atoms with E-state index in [9.17, 15) is 8.42 Å². The third kappa shape index (κ3) is 11.6. The number of halogens is 1. The fourth-order valence-electron chi connectivity index (χ4n) is 3.54. The van der Waals surface area contributed by atoms with Crippen molar-refractivity contribution >= 4 is 25.4 Å². The molecule has 156 valence electrons. The van der Waals surface area contributed by atoms with Crippen LogP contribution in [0.1, 0.15) is 102 Å². The van der Waals surface area contributed by atoms with Gasteiger partial charge < -0.3 is 5.73 Å². The molecule has 0 aromatic heterocycles. The monoisotopic (exact) mass is 415 g/mol. The van der Waals surface area contributed by atoms with Gasteiger partial charge >= 0.3 is 0 Å². The van der Waals surface area contributed by atoms with Crippen LogP contribution in [0.15, 0.2) is 23.1 Å². The van der Waals surface area contributed by atoms with Crippen LogP contribution < -0.4 is 5.73 Å². The zero-order chi connectivity index (χ0) is 20.0. The summed E-state index contributed by atoms with van der Waals surface area (Å²) < 4.78 is 23.3. The van der Waals surface area contributed by atoms with E-state index in [1.807, 2.05) is 0 Å². The van der Waals surface area contributed by atoms with E-state index in [1.165, 1.54) is 83.1 Å². The highest BCUT2D eigenvalue weighted by Crippen LogP contribution is 2.24. The van der Waals surface area contributed by atoms with Crippen molar-refractivity contribution in [3.05, 3.63) is 23.8 Å². The summed E-state index contributed by atoms with van der Waals surface area (Å²) in [5.41, 5.74) is 7.11. The highest BCUT2D eigenvalue weighted by Gasteiger charge is 2.15. The van der Waals surface area contributed by atoms with Crippen LogP contribution in [-0.4, -0.2) is 8.42 Å². The van der Waals surface area contributed by atoms with Gasteiger partial charge in [0.05, 0.1) is 4.90 Å². The summed E-state index contributed by atoms with van der Waals surface area (Å²) in [4.78, 5) is 0.202. The quantitative estimate of drug-likeness (QED) is 0.176. The van der Waals surface area contributed by atoms with Crippen molar-refractivity contribution in [2.75, 3.05) is 5.73 Å². The number of anilines is 1. The molecule has 27 heavy (non-hydrogen) atoms. The molecule has 0 spiro atoms. The second-order valence-corrected chi connectivity index (χ2v) is 10.2. The average Bonchev–Trinajstić information content (AvgIpc) is 2.61. The SMILES string of the molecule is CCCCCCCCCCCCCCCCc1cc(N)ccc1S(=O)(=O)Cl. The number of nitrogen functional groups attached to an aromatic ring is 1. The third-order valence-electron chi connectivity index (χ3n) is 5.15. The van der Waals surface area contributed by atoms with E-state index in [0.717, 1.165) is 18.4 Å². The minimum Gasteiger partial charge on any atom is -0.399 e. The molecule has 0 aliphatic carbocycles. The molecule has 0 heterocycles. The van der Waals surface area contributed by atoms with Gasteiger partial charge in [-0.3, -0.25) is 0 Å². The second-order valence-electron chi connectivity index (χ2n) is 7.65. The van der Waals surface area contributed by atoms with Crippen molar-refractivity contribution in [3.8, 4) is 0 Å². The number of hydrogen-bond donors (Lipinski definition) is 1. The van der Waals surface area contributed by atoms with Crippen LogP contribution in [0.2, 0.25) is 0 Å². The molecule has 3 nitrogen and oxygen atoms in total. The van der Waals surface area contributed by atoms with Crippen molar-refractivity contribution in [3.63, 3.8) is 0 Å². The van der Waals surface area contributed by atoms with Gasteiger partial charge in [0, 0.05) is 16.4 Å². The van der Waals surface area contributed by atoms with Crippen LogP contribution in [0.4, 0.5) is 5.69 Å². The maximum absolute atomic E-state index is 11.6. The van der Waals surface area contributed by atoms with Crippen molar-refractivity contribution in [1.29, 1.82) is 0 Å². The largest absolute Gasteiger partial charge is 0.399 e. The third-order valence-corrected chi connectivity index (χ3v) is 6.57. The highest BCUT2D eigenvalue weighted by atomic mass is 35.7. The number of hydrogen-bond acceptors (Lipinski definition) is 3. The standard InChI is InChI=1S/C22H38ClNO2S/c1-2-3-4-5-6-7-8-9-10-11-12-13-14-15-16-20-19-21(24)17-18-22(20)27(23,25)26/h17-19H,2-16,24H2,1H3. The van der Waals surface area contributed by atoms with Crippen molar-refractivity contribution < 1.29 is 8.42 Å². The molecule has 0 bridgehead atoms. The fraction of sp³-hybridized carbons (Fsp3) is 0.727. The summed E-state index contributed by atoms with van der Waals surface area (Å²) >= 11 is 0. The Morgan fingerprint density at radius 1 is 0.778 bits per heavy atom. The van der Waals surface area contributed by atoms with Gasteiger partial charge in [-0.1, -0.05) is 90.4 Å². The molecule has 0 aliphatic rings. The molecule has 5 heteroatoms. The minimum atomic E-state index is -3.70. The highest BCUT2D eigenvalue weighted by molar-refractivity contribution is 8.13. The molecule has 0 aliphatic heterocycles. The lowest BCUT2D eigenvalue weighted by Gasteiger charge is -2.08. The molecule has 1 aromatic carbocycles. The van der Waals surface area contributed by atoms with Gasteiger partial charge in [-0.05, 0) is 36.6 Å². The Labute approximate surface area is 171 Å². The maximum Gasteiger partial charge on any atom is 0.261 e. The maximum atomic E-state index is 11.6. The van der Waals surface area contributed by atoms with Crippen LogP contribution in [-0.2, 0) is 15.5 Å². The lowest BCUT2D eigenvalue weighted by molar-refractivity contribution is 0.535. The molecule has 0 saturated heterocycles. The fourth-order valence-corrected chi connectivity index (χ4v) is 4.70. The van der Waals surface area contributed by atoms with E-state index in [0.29, 0.717) is 12.1 Å². The topological polar surface area (TPSA) is 60.2 Å². The normalized spacial score (nSPS) is 11.8. The van der Waals surface area contributed by atoms with Crippen LogP contribution >= 0.6 is 10.7 Å². The molecular formula is C22H38ClNO2S. The lowest BCUT2D eigenvalue weighted by Crippen LogP contribution is -2.00. The Kier molecular flexibility index (Phi) is 12.9. The van der Waals surface area contributed by atoms with E-state index in [-0.39, 0.29) is 4.90 Å². The van der Waals surface area contributed by atoms with Gasteiger partial charge in [0.25, 0.3) is 9.05 Å². The van der Waals surface area contributed by atoms with Gasteiger partial charge in [0.15, 0.2) is 0 Å². The Balaban J connectivity index is 2.05. The number of nitrogens with two attached hydrogens (primary N) is 1. The van der Waals surface area contributed by atoms with Gasteiger partial charge in [-0.15, -0.1) is 0 Å². The van der Waals surface area contributed by atoms with Crippen LogP contribution in [0, 0.1) is 0 Å². The van der Waals surface area contributed by atoms with E-state index in [1.54, 1.807) is 12.1 Å². The smallest absolute Gasteiger partial charge is 0.261 e. The first kappa shape index (κ1) is 24.3. The zero-order valence-corrected chi connectivity index (χ0v) is 18.6. The van der Waals surface area contributed by atoms with Crippen molar-refractivity contribution in [1.82, 2.24) is 0 Å². The number of aryl methyl sites for hydroxylation is 1. The lowest BCUT2D eigenvalue weighted by atomic mass is 10.0. The van der Waals surface area contributed by atoms with Gasteiger partial charge in [-0.25, -0.2) is 8.42 Å². The Hall–Kier alpha value is -0.740. The van der Waals surface area contributed by atoms with Crippen LogP contribution in [0.3, 0.4) is 0 Å². The van der Waals surface area contributed by atoms with Gasteiger partial charge in [-0.2, -0.15) is 0 Å². The molecule has 1 rings (SSSR count). The van der Waals surface area contributed by atoms with E-state index in [4.69, 9.17) is 16.4 Å². The number of rotatable bonds is 16. The molecule has 0 unspecified atom stereocenters. The summed E-state index contributed by atoms with van der Waals surface area (Å²) in [5.74, 6) is 0. The van der Waals surface area contributed by atoms with Gasteiger partial charge in [0.1, 0.15) is 0 Å². The molecule has 0 amide bonds. The first-order valence-corrected chi connectivity index (χ1v) is 13.1. The molecular weight excluding hydrogens is 378 g/mol. The average molecular weight is 416 g/mol. The Bertz CT molecular complexity index is 617. The van der Waals surface area contributed by atoms with Crippen molar-refractivity contribution in [2.24, 2.45) is 0 Å². The Morgan fingerprint density at radius 2 is 1.22 bits per heavy atom. The summed E-state index contributed by atoms with van der Waals surface area (Å²) in [7, 11) is 1.81. The molecule has 2 N–H and O–H groups in total. The predicted molar refractivity (Wildman–Crippen MR) is 118 cm³/mol. The van der Waals surface area contributed by atoms with Crippen LogP contribution in [0.5, 0.6) is 0 Å².